The minimum absolute atomic E-state index is 0.0923. The minimum Gasteiger partial charge on any atom is -0.465 e. The number of hydrogen-bond acceptors (Lipinski definition) is 2. The molecule has 0 N–H and O–H groups in total. The molecule has 0 aromatic rings. The third kappa shape index (κ3) is 9.90. The molecule has 0 amide bonds. The second kappa shape index (κ2) is 10.9. The van der Waals surface area contributed by atoms with Crippen molar-refractivity contribution in [1.29, 1.82) is 0 Å². The van der Waals surface area contributed by atoms with E-state index >= 15 is 0 Å². The molecule has 83 valence electrons. The maximum absolute atomic E-state index is 11.0. The van der Waals surface area contributed by atoms with Crippen LogP contribution in [0.4, 0.5) is 0 Å². The predicted molar refractivity (Wildman–Crippen MR) is 61.4 cm³/mol. The van der Waals surface area contributed by atoms with E-state index in [0.29, 0.717) is 18.8 Å². The van der Waals surface area contributed by atoms with Crippen molar-refractivity contribution in [3.63, 3.8) is 0 Å². The van der Waals surface area contributed by atoms with Crippen LogP contribution in [0, 0.1) is 0 Å². The Kier molecular flexibility index (Phi) is 10.8. The summed E-state index contributed by atoms with van der Waals surface area (Å²) in [6.45, 7) is 2.59. The van der Waals surface area contributed by atoms with Crippen LogP contribution >= 0.6 is 12.6 Å². The molecule has 0 aromatic carbocycles. The highest BCUT2D eigenvalue weighted by molar-refractivity contribution is 7.80. The van der Waals surface area contributed by atoms with Crippen LogP contribution in [-0.4, -0.2) is 18.3 Å². The first-order chi connectivity index (χ1) is 6.81. The van der Waals surface area contributed by atoms with Gasteiger partial charge < -0.3 is 4.74 Å². The molecule has 0 atom stereocenters. The second-order valence-corrected chi connectivity index (χ2v) is 3.85. The Balaban J connectivity index is 3.07. The van der Waals surface area contributed by atoms with Crippen LogP contribution in [0.5, 0.6) is 0 Å². The Morgan fingerprint density at radius 1 is 1.14 bits per heavy atom. The number of rotatable bonds is 9. The standard InChI is InChI=1S/C11H21O2S/c1-2-3-4-5-6-7-8-11(12)13-9-10-14/h2-10H2,1H3. The molecule has 2 nitrogen and oxygen atoms in total. The lowest BCUT2D eigenvalue weighted by molar-refractivity contribution is -0.143. The molecular formula is C11H21O2S. The Morgan fingerprint density at radius 2 is 1.79 bits per heavy atom. The Morgan fingerprint density at radius 3 is 2.43 bits per heavy atom. The zero-order chi connectivity index (χ0) is 10.6. The van der Waals surface area contributed by atoms with Crippen molar-refractivity contribution in [2.45, 2.75) is 51.9 Å². The van der Waals surface area contributed by atoms with Crippen molar-refractivity contribution < 1.29 is 9.53 Å². The van der Waals surface area contributed by atoms with Gasteiger partial charge in [-0.15, -0.1) is 0 Å². The van der Waals surface area contributed by atoms with Gasteiger partial charge in [-0.2, -0.15) is 0 Å². The predicted octanol–water partition coefficient (Wildman–Crippen LogP) is 3.48. The van der Waals surface area contributed by atoms with Gasteiger partial charge in [0.05, 0.1) is 0 Å². The average Bonchev–Trinajstić information content (AvgIpc) is 2.20. The summed E-state index contributed by atoms with van der Waals surface area (Å²) < 4.78 is 4.88. The second-order valence-electron chi connectivity index (χ2n) is 3.44. The Hall–Kier alpha value is -0.180. The van der Waals surface area contributed by atoms with E-state index in [1.807, 2.05) is 0 Å². The number of esters is 1. The van der Waals surface area contributed by atoms with Crippen LogP contribution in [-0.2, 0) is 9.53 Å². The summed E-state index contributed by atoms with van der Waals surface area (Å²) >= 11 is 4.68. The molecule has 0 aromatic heterocycles. The SMILES string of the molecule is CCCCCCCCC(=O)OCC[S]. The molecule has 0 saturated heterocycles. The van der Waals surface area contributed by atoms with Crippen LogP contribution in [0.25, 0.3) is 0 Å². The fourth-order valence-electron chi connectivity index (χ4n) is 1.28. The molecule has 0 aliphatic carbocycles. The minimum atomic E-state index is -0.0923. The molecule has 0 aliphatic rings. The highest BCUT2D eigenvalue weighted by Crippen LogP contribution is 2.07. The largest absolute Gasteiger partial charge is 0.465 e. The summed E-state index contributed by atoms with van der Waals surface area (Å²) in [5, 5.41) is 0. The van der Waals surface area contributed by atoms with Gasteiger partial charge in [0.25, 0.3) is 0 Å². The van der Waals surface area contributed by atoms with Crippen molar-refractivity contribution in [1.82, 2.24) is 0 Å². The monoisotopic (exact) mass is 217 g/mol. The first kappa shape index (κ1) is 13.8. The summed E-state index contributed by atoms with van der Waals surface area (Å²) in [5.41, 5.74) is 0. The Labute approximate surface area is 92.8 Å². The first-order valence-electron chi connectivity index (χ1n) is 5.55. The van der Waals surface area contributed by atoms with Crippen molar-refractivity contribution in [3.8, 4) is 0 Å². The fourth-order valence-corrected chi connectivity index (χ4v) is 1.36. The van der Waals surface area contributed by atoms with E-state index < -0.39 is 0 Å². The highest BCUT2D eigenvalue weighted by atomic mass is 32.1. The molecule has 0 spiro atoms. The molecule has 3 heteroatoms. The average molecular weight is 217 g/mol. The highest BCUT2D eigenvalue weighted by Gasteiger charge is 2.01. The number of carbonyl (C=O) groups is 1. The van der Waals surface area contributed by atoms with E-state index in [-0.39, 0.29) is 5.97 Å². The van der Waals surface area contributed by atoms with Gasteiger partial charge in [-0.1, -0.05) is 51.7 Å². The number of ether oxygens (including phenoxy) is 1. The maximum Gasteiger partial charge on any atom is 0.305 e. The third-order valence-electron chi connectivity index (χ3n) is 2.08. The van der Waals surface area contributed by atoms with Gasteiger partial charge >= 0.3 is 5.97 Å². The molecule has 0 aliphatic heterocycles. The molecule has 0 fully saturated rings. The van der Waals surface area contributed by atoms with Gasteiger partial charge in [0.15, 0.2) is 0 Å². The number of hydrogen-bond donors (Lipinski definition) is 0. The van der Waals surface area contributed by atoms with E-state index in [0.717, 1.165) is 12.8 Å². The molecule has 0 rings (SSSR count). The summed E-state index contributed by atoms with van der Waals surface area (Å²) in [6.07, 6.45) is 7.76. The van der Waals surface area contributed by atoms with Crippen LogP contribution in [0.2, 0.25) is 0 Å². The normalized spacial score (nSPS) is 10.1. The lowest BCUT2D eigenvalue weighted by atomic mass is 10.1. The quantitative estimate of drug-likeness (QED) is 0.436. The van der Waals surface area contributed by atoms with Crippen LogP contribution in [0.3, 0.4) is 0 Å². The van der Waals surface area contributed by atoms with Crippen LogP contribution in [0.1, 0.15) is 51.9 Å². The van der Waals surface area contributed by atoms with E-state index in [4.69, 9.17) is 4.74 Å². The zero-order valence-electron chi connectivity index (χ0n) is 9.09. The van der Waals surface area contributed by atoms with Gasteiger partial charge in [-0.25, -0.2) is 0 Å². The van der Waals surface area contributed by atoms with E-state index in [2.05, 4.69) is 19.6 Å². The summed E-state index contributed by atoms with van der Waals surface area (Å²) in [5.74, 6) is 0.410. The smallest absolute Gasteiger partial charge is 0.305 e. The summed E-state index contributed by atoms with van der Waals surface area (Å²) in [4.78, 5) is 11.0. The Bertz CT molecular complexity index is 137. The zero-order valence-corrected chi connectivity index (χ0v) is 9.91. The van der Waals surface area contributed by atoms with E-state index in [1.165, 1.54) is 25.7 Å². The van der Waals surface area contributed by atoms with E-state index in [1.54, 1.807) is 0 Å². The summed E-state index contributed by atoms with van der Waals surface area (Å²) in [6, 6.07) is 0. The van der Waals surface area contributed by atoms with Gasteiger partial charge in [-0.3, -0.25) is 4.79 Å². The first-order valence-corrected chi connectivity index (χ1v) is 6.12. The van der Waals surface area contributed by atoms with Gasteiger partial charge in [0, 0.05) is 12.2 Å². The number of carbonyl (C=O) groups excluding carboxylic acids is 1. The lowest BCUT2D eigenvalue weighted by Gasteiger charge is -2.02. The molecule has 0 saturated carbocycles. The topological polar surface area (TPSA) is 26.3 Å². The van der Waals surface area contributed by atoms with Crippen molar-refractivity contribution in [2.75, 3.05) is 12.4 Å². The van der Waals surface area contributed by atoms with Crippen molar-refractivity contribution in [3.05, 3.63) is 0 Å². The van der Waals surface area contributed by atoms with Crippen LogP contribution in [0.15, 0.2) is 0 Å². The molecule has 0 bridgehead atoms. The van der Waals surface area contributed by atoms with Crippen LogP contribution < -0.4 is 0 Å². The van der Waals surface area contributed by atoms with Crippen molar-refractivity contribution in [2.24, 2.45) is 0 Å². The molecule has 14 heavy (non-hydrogen) atoms. The van der Waals surface area contributed by atoms with Gasteiger partial charge in [0.2, 0.25) is 0 Å². The molecule has 0 unspecified atom stereocenters. The van der Waals surface area contributed by atoms with Gasteiger partial charge in [-0.05, 0) is 6.42 Å². The third-order valence-corrected chi connectivity index (χ3v) is 2.25. The van der Waals surface area contributed by atoms with E-state index in [9.17, 15) is 4.79 Å². The molecule has 0 heterocycles. The lowest BCUT2D eigenvalue weighted by Crippen LogP contribution is -2.06. The fraction of sp³-hybridized carbons (Fsp3) is 0.909. The molecule has 1 radical (unpaired) electrons. The van der Waals surface area contributed by atoms with Gasteiger partial charge in [0.1, 0.15) is 6.61 Å². The maximum atomic E-state index is 11.0. The summed E-state index contributed by atoms with van der Waals surface area (Å²) in [7, 11) is 0. The molecular weight excluding hydrogens is 196 g/mol. The van der Waals surface area contributed by atoms with Crippen molar-refractivity contribution >= 4 is 18.6 Å². The number of unbranched alkanes of at least 4 members (excludes halogenated alkanes) is 5.